The Bertz CT molecular complexity index is 867. The SMILES string of the molecule is CCCCOc1ccc([C@@H](C(=O)NC2CCCCC2)N(Cc2ccccc2)C(=O)CCl)cc1. The van der Waals surface area contributed by atoms with Crippen molar-refractivity contribution in [1.82, 2.24) is 10.2 Å². The summed E-state index contributed by atoms with van der Waals surface area (Å²) in [5.74, 6) is 0.151. The molecular weight excluding hydrogens is 436 g/mol. The molecule has 3 rings (SSSR count). The lowest BCUT2D eigenvalue weighted by atomic mass is 9.94. The number of halogens is 1. The van der Waals surface area contributed by atoms with E-state index in [9.17, 15) is 9.59 Å². The first-order valence-corrected chi connectivity index (χ1v) is 12.6. The Morgan fingerprint density at radius 2 is 1.76 bits per heavy atom. The van der Waals surface area contributed by atoms with Crippen molar-refractivity contribution in [1.29, 1.82) is 0 Å². The third-order valence-corrected chi connectivity index (χ3v) is 6.33. The first-order valence-electron chi connectivity index (χ1n) is 12.0. The van der Waals surface area contributed by atoms with Gasteiger partial charge in [-0.05, 0) is 42.5 Å². The third-order valence-electron chi connectivity index (χ3n) is 6.10. The highest BCUT2D eigenvalue weighted by molar-refractivity contribution is 6.27. The topological polar surface area (TPSA) is 58.6 Å². The van der Waals surface area contributed by atoms with Crippen LogP contribution >= 0.6 is 11.6 Å². The van der Waals surface area contributed by atoms with Crippen LogP contribution in [0.1, 0.15) is 69.0 Å². The van der Waals surface area contributed by atoms with Crippen LogP contribution in [0.2, 0.25) is 0 Å². The molecule has 0 aliphatic heterocycles. The predicted octanol–water partition coefficient (Wildman–Crippen LogP) is 5.62. The van der Waals surface area contributed by atoms with Gasteiger partial charge in [0.2, 0.25) is 11.8 Å². The maximum absolute atomic E-state index is 13.6. The summed E-state index contributed by atoms with van der Waals surface area (Å²) in [4.78, 5) is 28.1. The second-order valence-electron chi connectivity index (χ2n) is 8.66. The van der Waals surface area contributed by atoms with Crippen LogP contribution < -0.4 is 10.1 Å². The van der Waals surface area contributed by atoms with Crippen LogP contribution in [-0.4, -0.2) is 35.2 Å². The van der Waals surface area contributed by atoms with E-state index in [1.165, 1.54) is 6.42 Å². The van der Waals surface area contributed by atoms with Crippen LogP contribution in [-0.2, 0) is 16.1 Å². The van der Waals surface area contributed by atoms with Crippen molar-refractivity contribution in [3.8, 4) is 5.75 Å². The van der Waals surface area contributed by atoms with Crippen molar-refractivity contribution in [3.63, 3.8) is 0 Å². The molecule has 2 aromatic carbocycles. The van der Waals surface area contributed by atoms with E-state index in [1.807, 2.05) is 54.6 Å². The predicted molar refractivity (Wildman–Crippen MR) is 132 cm³/mol. The highest BCUT2D eigenvalue weighted by atomic mass is 35.5. The van der Waals surface area contributed by atoms with E-state index in [4.69, 9.17) is 16.3 Å². The van der Waals surface area contributed by atoms with E-state index in [0.717, 1.165) is 55.4 Å². The van der Waals surface area contributed by atoms with Gasteiger partial charge in [0.05, 0.1) is 6.61 Å². The van der Waals surface area contributed by atoms with E-state index >= 15 is 0 Å². The van der Waals surface area contributed by atoms with Gasteiger partial charge in [0, 0.05) is 12.6 Å². The van der Waals surface area contributed by atoms with Crippen LogP contribution in [0.5, 0.6) is 5.75 Å². The summed E-state index contributed by atoms with van der Waals surface area (Å²) in [5.41, 5.74) is 1.70. The summed E-state index contributed by atoms with van der Waals surface area (Å²) in [6, 6.07) is 16.6. The smallest absolute Gasteiger partial charge is 0.247 e. The van der Waals surface area contributed by atoms with Gasteiger partial charge in [-0.1, -0.05) is 75.1 Å². The fourth-order valence-electron chi connectivity index (χ4n) is 4.26. The fraction of sp³-hybridized carbons (Fsp3) is 0.481. The highest BCUT2D eigenvalue weighted by Gasteiger charge is 2.32. The number of carbonyl (C=O) groups excluding carboxylic acids is 2. The molecule has 1 fully saturated rings. The Morgan fingerprint density at radius 1 is 1.06 bits per heavy atom. The minimum Gasteiger partial charge on any atom is -0.494 e. The number of benzene rings is 2. The molecule has 0 heterocycles. The molecule has 1 N–H and O–H groups in total. The molecule has 2 amide bonds. The molecule has 2 aromatic rings. The van der Waals surface area contributed by atoms with E-state index < -0.39 is 6.04 Å². The minimum absolute atomic E-state index is 0.148. The number of carbonyl (C=O) groups is 2. The van der Waals surface area contributed by atoms with Gasteiger partial charge in [0.1, 0.15) is 17.7 Å². The minimum atomic E-state index is -0.761. The lowest BCUT2D eigenvalue weighted by molar-refractivity contribution is -0.140. The highest BCUT2D eigenvalue weighted by Crippen LogP contribution is 2.27. The van der Waals surface area contributed by atoms with Gasteiger partial charge < -0.3 is 15.0 Å². The summed E-state index contributed by atoms with van der Waals surface area (Å²) < 4.78 is 5.79. The number of nitrogens with one attached hydrogen (secondary N) is 1. The van der Waals surface area contributed by atoms with Gasteiger partial charge in [-0.2, -0.15) is 0 Å². The van der Waals surface area contributed by atoms with Crippen LogP contribution in [0.4, 0.5) is 0 Å². The lowest BCUT2D eigenvalue weighted by Crippen LogP contribution is -2.47. The van der Waals surface area contributed by atoms with E-state index in [1.54, 1.807) is 4.90 Å². The molecule has 33 heavy (non-hydrogen) atoms. The Balaban J connectivity index is 1.88. The molecule has 0 radical (unpaired) electrons. The van der Waals surface area contributed by atoms with E-state index in [2.05, 4.69) is 12.2 Å². The van der Waals surface area contributed by atoms with Gasteiger partial charge in [0.15, 0.2) is 0 Å². The molecule has 1 aliphatic carbocycles. The van der Waals surface area contributed by atoms with E-state index in [0.29, 0.717) is 13.2 Å². The number of ether oxygens (including phenoxy) is 1. The monoisotopic (exact) mass is 470 g/mol. The normalized spacial score (nSPS) is 15.0. The third kappa shape index (κ3) is 7.50. The maximum atomic E-state index is 13.6. The zero-order valence-electron chi connectivity index (χ0n) is 19.5. The zero-order valence-corrected chi connectivity index (χ0v) is 20.2. The van der Waals surface area contributed by atoms with Crippen molar-refractivity contribution in [3.05, 3.63) is 65.7 Å². The van der Waals surface area contributed by atoms with Crippen LogP contribution in [0.15, 0.2) is 54.6 Å². The Morgan fingerprint density at radius 3 is 2.39 bits per heavy atom. The molecule has 6 heteroatoms. The maximum Gasteiger partial charge on any atom is 0.247 e. The van der Waals surface area contributed by atoms with Crippen LogP contribution in [0.25, 0.3) is 0 Å². The number of unbranched alkanes of at least 4 members (excludes halogenated alkanes) is 1. The number of nitrogens with zero attached hydrogens (tertiary/aromatic N) is 1. The second kappa shape index (κ2) is 13.2. The summed E-state index contributed by atoms with van der Waals surface area (Å²) in [7, 11) is 0. The van der Waals surface area contributed by atoms with Crippen molar-refractivity contribution in [2.45, 2.75) is 70.5 Å². The summed E-state index contributed by atoms with van der Waals surface area (Å²) in [6.45, 7) is 3.09. The van der Waals surface area contributed by atoms with E-state index in [-0.39, 0.29) is 23.7 Å². The first kappa shape index (κ1) is 25.1. The summed E-state index contributed by atoms with van der Waals surface area (Å²) in [6.07, 6.45) is 7.46. The largest absolute Gasteiger partial charge is 0.494 e. The quantitative estimate of drug-likeness (QED) is 0.342. The molecule has 0 saturated heterocycles. The van der Waals surface area contributed by atoms with Gasteiger partial charge in [-0.15, -0.1) is 11.6 Å². The number of alkyl halides is 1. The van der Waals surface area contributed by atoms with Crippen LogP contribution in [0.3, 0.4) is 0 Å². The number of hydrogen-bond acceptors (Lipinski definition) is 3. The summed E-state index contributed by atoms with van der Waals surface area (Å²) >= 11 is 5.99. The number of hydrogen-bond donors (Lipinski definition) is 1. The standard InChI is InChI=1S/C27H35ClN2O3/c1-2-3-18-33-24-16-14-22(15-17-24)26(27(32)29-23-12-8-5-9-13-23)30(25(31)19-28)20-21-10-6-4-7-11-21/h4,6-7,10-11,14-17,23,26H,2-3,5,8-9,12-13,18-20H2,1H3,(H,29,32)/t26-/m0/s1. The van der Waals surface area contributed by atoms with Crippen LogP contribution in [0, 0.1) is 0 Å². The van der Waals surface area contributed by atoms with Gasteiger partial charge >= 0.3 is 0 Å². The Hall–Kier alpha value is -2.53. The molecule has 0 aromatic heterocycles. The van der Waals surface area contributed by atoms with Crippen molar-refractivity contribution in [2.75, 3.05) is 12.5 Å². The van der Waals surface area contributed by atoms with Crippen molar-refractivity contribution >= 4 is 23.4 Å². The molecule has 5 nitrogen and oxygen atoms in total. The molecule has 0 bridgehead atoms. The molecular formula is C27H35ClN2O3. The fourth-order valence-corrected chi connectivity index (χ4v) is 4.41. The lowest BCUT2D eigenvalue weighted by Gasteiger charge is -2.33. The van der Waals surface area contributed by atoms with Crippen molar-refractivity contribution in [2.24, 2.45) is 0 Å². The zero-order chi connectivity index (χ0) is 23.5. The molecule has 0 unspecified atom stereocenters. The van der Waals surface area contributed by atoms with Gasteiger partial charge in [-0.25, -0.2) is 0 Å². The summed E-state index contributed by atoms with van der Waals surface area (Å²) in [5, 5.41) is 3.21. The van der Waals surface area contributed by atoms with Gasteiger partial charge in [0.25, 0.3) is 0 Å². The van der Waals surface area contributed by atoms with Gasteiger partial charge in [-0.3, -0.25) is 9.59 Å². The Kier molecular flexibility index (Phi) is 10.1. The second-order valence-corrected chi connectivity index (χ2v) is 8.93. The molecule has 178 valence electrons. The van der Waals surface area contributed by atoms with Crippen molar-refractivity contribution < 1.29 is 14.3 Å². The Labute approximate surface area is 202 Å². The molecule has 1 atom stereocenters. The average molecular weight is 471 g/mol. The molecule has 1 saturated carbocycles. The molecule has 1 aliphatic rings. The number of amides is 2. The molecule has 0 spiro atoms. The first-order chi connectivity index (χ1) is 16.1. The number of rotatable bonds is 11. The average Bonchev–Trinajstić information content (AvgIpc) is 2.85.